The van der Waals surface area contributed by atoms with Gasteiger partial charge in [-0.3, -0.25) is 0 Å². The summed E-state index contributed by atoms with van der Waals surface area (Å²) >= 11 is 0. The van der Waals surface area contributed by atoms with Crippen LogP contribution in [0.2, 0.25) is 0 Å². The SMILES string of the molecule is CCCCC(C)(C)C(=O)[O-].O=C([O-])O.[Ca+2]. The summed E-state index contributed by atoms with van der Waals surface area (Å²) in [7, 11) is 0. The Morgan fingerprint density at radius 1 is 1.27 bits per heavy atom. The third-order valence-electron chi connectivity index (χ3n) is 1.71. The van der Waals surface area contributed by atoms with Gasteiger partial charge in [-0.1, -0.05) is 33.6 Å². The Morgan fingerprint density at radius 3 is 1.80 bits per heavy atom. The second-order valence-corrected chi connectivity index (χ2v) is 3.54. The molecule has 0 bridgehead atoms. The fraction of sp³-hybridized carbons (Fsp3) is 0.778. The van der Waals surface area contributed by atoms with E-state index in [4.69, 9.17) is 15.0 Å². The predicted molar refractivity (Wildman–Crippen MR) is 52.1 cm³/mol. The molecular formula is C9H16CaO5. The number of rotatable bonds is 4. The van der Waals surface area contributed by atoms with Crippen LogP contribution in [0, 0.1) is 5.41 Å². The van der Waals surface area contributed by atoms with Crippen molar-refractivity contribution in [3.05, 3.63) is 0 Å². The number of carboxylic acid groups (broad SMARTS) is 3. The summed E-state index contributed by atoms with van der Waals surface area (Å²) in [5.41, 5.74) is -0.643. The number of hydrogen-bond donors (Lipinski definition) is 1. The number of hydrogen-bond acceptors (Lipinski definition) is 4. The van der Waals surface area contributed by atoms with Gasteiger partial charge < -0.3 is 24.9 Å². The summed E-state index contributed by atoms with van der Waals surface area (Å²) in [6, 6.07) is 0. The van der Waals surface area contributed by atoms with Crippen molar-refractivity contribution in [2.24, 2.45) is 5.41 Å². The van der Waals surface area contributed by atoms with Gasteiger partial charge in [-0.2, -0.15) is 0 Å². The molecule has 0 unspecified atom stereocenters. The minimum absolute atomic E-state index is 0. The largest absolute Gasteiger partial charge is 2.00 e. The topological polar surface area (TPSA) is 100 Å². The number of unbranched alkanes of at least 4 members (excludes halogenated alkanes) is 1. The normalized spacial score (nSPS) is 9.27. The molecule has 0 spiro atoms. The molecule has 0 saturated carbocycles. The number of carboxylic acids is 1. The van der Waals surface area contributed by atoms with E-state index in [0.717, 1.165) is 12.8 Å². The Bertz CT molecular complexity index is 187. The van der Waals surface area contributed by atoms with Crippen LogP contribution in [0.5, 0.6) is 0 Å². The minimum Gasteiger partial charge on any atom is -0.565 e. The standard InChI is InChI=1S/C8H16O2.CH2O3.Ca/c1-4-5-6-8(2,3)7(9)10;2-1(3)4;/h4-6H2,1-3H3,(H,9,10);(H2,2,3,4);/q;;+2/p-2. The Balaban J connectivity index is -0.000000249. The molecule has 84 valence electrons. The summed E-state index contributed by atoms with van der Waals surface area (Å²) in [5.74, 6) is -0.944. The monoisotopic (exact) mass is 244 g/mol. The van der Waals surface area contributed by atoms with E-state index in [-0.39, 0.29) is 37.7 Å². The number of aliphatic carboxylic acids is 1. The maximum atomic E-state index is 10.4. The van der Waals surface area contributed by atoms with Crippen molar-refractivity contribution in [2.45, 2.75) is 40.0 Å². The van der Waals surface area contributed by atoms with Crippen molar-refractivity contribution in [3.63, 3.8) is 0 Å². The van der Waals surface area contributed by atoms with Gasteiger partial charge in [0.1, 0.15) is 0 Å². The maximum Gasteiger partial charge on any atom is 2.00 e. The quantitative estimate of drug-likeness (QED) is 0.669. The Hall–Kier alpha value is -0.000260. The molecule has 0 saturated heterocycles. The van der Waals surface area contributed by atoms with Crippen LogP contribution in [-0.4, -0.2) is 55.0 Å². The molecule has 0 aliphatic heterocycles. The van der Waals surface area contributed by atoms with Crippen molar-refractivity contribution < 1.29 is 24.9 Å². The van der Waals surface area contributed by atoms with Gasteiger partial charge in [-0.25, -0.2) is 0 Å². The summed E-state index contributed by atoms with van der Waals surface area (Å²) in [6.07, 6.45) is 0.628. The maximum absolute atomic E-state index is 10.4. The van der Waals surface area contributed by atoms with Crippen molar-refractivity contribution in [2.75, 3.05) is 0 Å². The first-order chi connectivity index (χ1) is 6.24. The van der Waals surface area contributed by atoms with Crippen LogP contribution in [0.4, 0.5) is 4.79 Å². The van der Waals surface area contributed by atoms with Gasteiger partial charge in [0.05, 0.1) is 0 Å². The van der Waals surface area contributed by atoms with Crippen LogP contribution in [-0.2, 0) is 4.79 Å². The molecule has 15 heavy (non-hydrogen) atoms. The molecular weight excluding hydrogens is 228 g/mol. The first-order valence-electron chi connectivity index (χ1n) is 4.35. The fourth-order valence-corrected chi connectivity index (χ4v) is 0.721. The Morgan fingerprint density at radius 2 is 1.60 bits per heavy atom. The van der Waals surface area contributed by atoms with Crippen LogP contribution in [0.15, 0.2) is 0 Å². The molecule has 0 rings (SSSR count). The van der Waals surface area contributed by atoms with E-state index >= 15 is 0 Å². The van der Waals surface area contributed by atoms with Crippen LogP contribution < -0.4 is 10.2 Å². The van der Waals surface area contributed by atoms with E-state index in [2.05, 4.69) is 0 Å². The van der Waals surface area contributed by atoms with Gasteiger partial charge in [0.25, 0.3) is 0 Å². The summed E-state index contributed by atoms with van der Waals surface area (Å²) in [4.78, 5) is 18.9. The van der Waals surface area contributed by atoms with Crippen LogP contribution in [0.1, 0.15) is 40.0 Å². The van der Waals surface area contributed by atoms with Crippen molar-refractivity contribution >= 4 is 49.9 Å². The third kappa shape index (κ3) is 16.7. The molecule has 0 amide bonds. The molecule has 0 aliphatic rings. The Labute approximate surface area is 119 Å². The second-order valence-electron chi connectivity index (χ2n) is 3.54. The zero-order valence-electron chi connectivity index (χ0n) is 9.41. The van der Waals surface area contributed by atoms with Gasteiger partial charge in [0, 0.05) is 11.4 Å². The van der Waals surface area contributed by atoms with Crippen molar-refractivity contribution in [1.82, 2.24) is 0 Å². The molecule has 6 heteroatoms. The second kappa shape index (κ2) is 10.5. The molecule has 0 aromatic carbocycles. The summed E-state index contributed by atoms with van der Waals surface area (Å²) in [6.45, 7) is 5.46. The zero-order chi connectivity index (χ0) is 11.8. The van der Waals surface area contributed by atoms with E-state index in [1.54, 1.807) is 13.8 Å². The molecule has 0 atom stereocenters. The molecule has 0 heterocycles. The third-order valence-corrected chi connectivity index (χ3v) is 1.71. The predicted octanol–water partition coefficient (Wildman–Crippen LogP) is -0.540. The average Bonchev–Trinajstić information content (AvgIpc) is 1.99. The summed E-state index contributed by atoms with van der Waals surface area (Å²) in [5, 5.41) is 25.7. The first kappa shape index (κ1) is 20.4. The number of carbonyl (C=O) groups excluding carboxylic acids is 1. The van der Waals surface area contributed by atoms with Gasteiger partial charge in [0.15, 0.2) is 0 Å². The fourth-order valence-electron chi connectivity index (χ4n) is 0.721. The van der Waals surface area contributed by atoms with E-state index in [1.165, 1.54) is 0 Å². The van der Waals surface area contributed by atoms with Crippen LogP contribution in [0.25, 0.3) is 0 Å². The van der Waals surface area contributed by atoms with Crippen LogP contribution in [0.3, 0.4) is 0 Å². The van der Waals surface area contributed by atoms with Gasteiger partial charge in [0.2, 0.25) is 6.16 Å². The summed E-state index contributed by atoms with van der Waals surface area (Å²) < 4.78 is 0. The van der Waals surface area contributed by atoms with E-state index in [9.17, 15) is 9.90 Å². The van der Waals surface area contributed by atoms with Crippen molar-refractivity contribution in [1.29, 1.82) is 0 Å². The molecule has 0 radical (unpaired) electrons. The molecule has 0 aliphatic carbocycles. The van der Waals surface area contributed by atoms with Crippen LogP contribution >= 0.6 is 0 Å². The minimum atomic E-state index is -2.08. The van der Waals surface area contributed by atoms with Gasteiger partial charge in [-0.15, -0.1) is 0 Å². The van der Waals surface area contributed by atoms with Gasteiger partial charge in [-0.05, 0) is 6.42 Å². The molecule has 0 aromatic rings. The van der Waals surface area contributed by atoms with E-state index < -0.39 is 17.5 Å². The molecule has 0 fully saturated rings. The van der Waals surface area contributed by atoms with E-state index in [1.807, 2.05) is 6.92 Å². The smallest absolute Gasteiger partial charge is 0.565 e. The van der Waals surface area contributed by atoms with E-state index in [0.29, 0.717) is 6.42 Å². The molecule has 0 aromatic heterocycles. The first-order valence-corrected chi connectivity index (χ1v) is 4.35. The number of carbonyl (C=O) groups is 2. The van der Waals surface area contributed by atoms with Gasteiger partial charge >= 0.3 is 37.7 Å². The Kier molecular flexibility index (Phi) is 14.3. The average molecular weight is 244 g/mol. The molecule has 5 nitrogen and oxygen atoms in total. The molecule has 1 N–H and O–H groups in total. The van der Waals surface area contributed by atoms with Crippen molar-refractivity contribution in [3.8, 4) is 0 Å². The zero-order valence-corrected chi connectivity index (χ0v) is 11.6.